The van der Waals surface area contributed by atoms with Crippen molar-refractivity contribution in [3.05, 3.63) is 23.5 Å². The Labute approximate surface area is 141 Å². The van der Waals surface area contributed by atoms with Crippen LogP contribution in [-0.2, 0) is 0 Å². The molecule has 2 atom stereocenters. The first-order valence-corrected chi connectivity index (χ1v) is 8.73. The summed E-state index contributed by atoms with van der Waals surface area (Å²) in [6.45, 7) is 9.91. The Morgan fingerprint density at radius 3 is 2.12 bits per heavy atom. The van der Waals surface area contributed by atoms with Gasteiger partial charge in [-0.2, -0.15) is 4.98 Å². The van der Waals surface area contributed by atoms with E-state index in [0.29, 0.717) is 17.7 Å². The molecule has 0 N–H and O–H groups in total. The van der Waals surface area contributed by atoms with E-state index in [-0.39, 0.29) is 12.1 Å². The number of rotatable bonds is 5. The fourth-order valence-electron chi connectivity index (χ4n) is 3.23. The third-order valence-electron chi connectivity index (χ3n) is 5.10. The third-order valence-corrected chi connectivity index (χ3v) is 5.10. The monoisotopic (exact) mass is 332 g/mol. The Kier molecular flexibility index (Phi) is 4.09. The first-order chi connectivity index (χ1) is 11.6. The summed E-state index contributed by atoms with van der Waals surface area (Å²) in [5, 5.41) is 12.2. The normalized spacial score (nSPS) is 22.6. The number of hydrogen-bond acceptors (Lipinski definition) is 8. The molecule has 1 saturated heterocycles. The Hall–Kier alpha value is -1.80. The molecule has 8 nitrogen and oxygen atoms in total. The molecule has 2 aromatic heterocycles. The van der Waals surface area contributed by atoms with Crippen molar-refractivity contribution < 1.29 is 8.94 Å². The molecule has 0 aromatic carbocycles. The van der Waals surface area contributed by atoms with Gasteiger partial charge in [0, 0.05) is 39.0 Å². The molecule has 1 aliphatic carbocycles. The molecule has 2 aromatic rings. The zero-order valence-corrected chi connectivity index (χ0v) is 14.5. The van der Waals surface area contributed by atoms with Crippen molar-refractivity contribution >= 4 is 0 Å². The van der Waals surface area contributed by atoms with Gasteiger partial charge in [-0.3, -0.25) is 9.80 Å². The van der Waals surface area contributed by atoms with Gasteiger partial charge in [-0.15, -0.1) is 10.2 Å². The van der Waals surface area contributed by atoms with Gasteiger partial charge in [-0.25, -0.2) is 0 Å². The lowest BCUT2D eigenvalue weighted by molar-refractivity contribution is 0.0603. The minimum absolute atomic E-state index is 0.147. The van der Waals surface area contributed by atoms with E-state index in [4.69, 9.17) is 8.94 Å². The second-order valence-electron chi connectivity index (χ2n) is 6.85. The van der Waals surface area contributed by atoms with E-state index in [9.17, 15) is 0 Å². The molecule has 0 radical (unpaired) electrons. The van der Waals surface area contributed by atoms with Crippen molar-refractivity contribution in [3.63, 3.8) is 0 Å². The van der Waals surface area contributed by atoms with Gasteiger partial charge in [-0.05, 0) is 26.7 Å². The topological polar surface area (TPSA) is 84.3 Å². The number of aryl methyl sites for hydroxylation is 1. The average molecular weight is 332 g/mol. The van der Waals surface area contributed by atoms with E-state index >= 15 is 0 Å². The molecular formula is C16H24N6O2. The maximum Gasteiger partial charge on any atom is 0.243 e. The summed E-state index contributed by atoms with van der Waals surface area (Å²) in [5.41, 5.74) is 0. The number of hydrogen-bond donors (Lipinski definition) is 0. The minimum Gasteiger partial charge on any atom is -0.424 e. The predicted molar refractivity (Wildman–Crippen MR) is 85.3 cm³/mol. The lowest BCUT2D eigenvalue weighted by Gasteiger charge is -2.38. The predicted octanol–water partition coefficient (Wildman–Crippen LogP) is 2.08. The zero-order chi connectivity index (χ0) is 16.7. The minimum atomic E-state index is 0.147. The van der Waals surface area contributed by atoms with Gasteiger partial charge in [0.1, 0.15) is 0 Å². The molecule has 2 fully saturated rings. The highest BCUT2D eigenvalue weighted by atomic mass is 16.5. The van der Waals surface area contributed by atoms with Crippen molar-refractivity contribution in [2.45, 2.75) is 51.6 Å². The molecule has 24 heavy (non-hydrogen) atoms. The van der Waals surface area contributed by atoms with Crippen LogP contribution in [0.3, 0.4) is 0 Å². The Bertz CT molecular complexity index is 686. The lowest BCUT2D eigenvalue weighted by atomic mass is 10.2. The Balaban J connectivity index is 1.34. The summed E-state index contributed by atoms with van der Waals surface area (Å²) in [6, 6.07) is 0.307. The van der Waals surface area contributed by atoms with E-state index in [1.54, 1.807) is 0 Å². The smallest absolute Gasteiger partial charge is 0.243 e. The molecule has 3 heterocycles. The van der Waals surface area contributed by atoms with Crippen LogP contribution in [0.15, 0.2) is 8.94 Å². The largest absolute Gasteiger partial charge is 0.424 e. The lowest BCUT2D eigenvalue weighted by Crippen LogP contribution is -2.47. The van der Waals surface area contributed by atoms with Crippen LogP contribution >= 0.6 is 0 Å². The maximum atomic E-state index is 5.56. The third kappa shape index (κ3) is 3.08. The summed E-state index contributed by atoms with van der Waals surface area (Å²) in [5.74, 6) is 3.47. The van der Waals surface area contributed by atoms with Crippen LogP contribution in [-0.4, -0.2) is 56.3 Å². The summed E-state index contributed by atoms with van der Waals surface area (Å²) in [4.78, 5) is 9.36. The van der Waals surface area contributed by atoms with Gasteiger partial charge < -0.3 is 8.94 Å². The quantitative estimate of drug-likeness (QED) is 0.823. The number of piperazine rings is 1. The van der Waals surface area contributed by atoms with Crippen LogP contribution in [0.5, 0.6) is 0 Å². The van der Waals surface area contributed by atoms with E-state index in [2.05, 4.69) is 44.0 Å². The molecule has 0 amide bonds. The van der Waals surface area contributed by atoms with Crippen LogP contribution in [0.2, 0.25) is 0 Å². The van der Waals surface area contributed by atoms with Crippen LogP contribution in [0.1, 0.15) is 68.2 Å². The first-order valence-electron chi connectivity index (χ1n) is 8.73. The zero-order valence-electron chi connectivity index (χ0n) is 14.5. The summed E-state index contributed by atoms with van der Waals surface area (Å²) < 4.78 is 11.0. The van der Waals surface area contributed by atoms with Crippen molar-refractivity contribution in [1.82, 2.24) is 30.1 Å². The molecule has 1 aliphatic heterocycles. The second-order valence-corrected chi connectivity index (χ2v) is 6.85. The fourth-order valence-corrected chi connectivity index (χ4v) is 3.23. The molecule has 8 heteroatoms. The van der Waals surface area contributed by atoms with Crippen molar-refractivity contribution in [2.24, 2.45) is 0 Å². The SMILES string of the molecule is Cc1nnc([C@H](C)N2CCN([C@@H](C)c3nc(C4CC4)no3)CC2)o1. The molecule has 4 rings (SSSR count). The van der Waals surface area contributed by atoms with Gasteiger partial charge in [-0.1, -0.05) is 5.16 Å². The van der Waals surface area contributed by atoms with Crippen LogP contribution in [0.25, 0.3) is 0 Å². The van der Waals surface area contributed by atoms with Gasteiger partial charge in [0.15, 0.2) is 5.82 Å². The highest BCUT2D eigenvalue weighted by molar-refractivity contribution is 5.05. The molecule has 1 saturated carbocycles. The second kappa shape index (κ2) is 6.25. The van der Waals surface area contributed by atoms with Crippen molar-refractivity contribution in [1.29, 1.82) is 0 Å². The standard InChI is InChI=1S/C16H24N6O2/c1-10(15-17-14(20-24-15)13-4-5-13)21-6-8-22(9-7-21)11(2)16-19-18-12(3)23-16/h10-11,13H,4-9H2,1-3H3/t10-,11-/m0/s1. The van der Waals surface area contributed by atoms with Crippen LogP contribution in [0.4, 0.5) is 0 Å². The molecule has 130 valence electrons. The molecular weight excluding hydrogens is 308 g/mol. The van der Waals surface area contributed by atoms with E-state index < -0.39 is 0 Å². The van der Waals surface area contributed by atoms with E-state index in [0.717, 1.165) is 37.9 Å². The highest BCUT2D eigenvalue weighted by Gasteiger charge is 2.32. The fraction of sp³-hybridized carbons (Fsp3) is 0.750. The van der Waals surface area contributed by atoms with Gasteiger partial charge >= 0.3 is 0 Å². The van der Waals surface area contributed by atoms with E-state index in [1.807, 2.05) is 6.92 Å². The highest BCUT2D eigenvalue weighted by Crippen LogP contribution is 2.38. The van der Waals surface area contributed by atoms with E-state index in [1.165, 1.54) is 12.8 Å². The summed E-state index contributed by atoms with van der Waals surface area (Å²) in [7, 11) is 0. The molecule has 0 unspecified atom stereocenters. The number of nitrogens with zero attached hydrogens (tertiary/aromatic N) is 6. The van der Waals surface area contributed by atoms with Gasteiger partial charge in [0.25, 0.3) is 0 Å². The van der Waals surface area contributed by atoms with Crippen LogP contribution < -0.4 is 0 Å². The van der Waals surface area contributed by atoms with Crippen LogP contribution in [0, 0.1) is 6.92 Å². The van der Waals surface area contributed by atoms with Gasteiger partial charge in [0.2, 0.25) is 17.7 Å². The molecule has 0 bridgehead atoms. The van der Waals surface area contributed by atoms with Crippen molar-refractivity contribution in [2.75, 3.05) is 26.2 Å². The Morgan fingerprint density at radius 2 is 1.58 bits per heavy atom. The average Bonchev–Trinajstić information content (AvgIpc) is 3.17. The molecule has 2 aliphatic rings. The first kappa shape index (κ1) is 15.7. The van der Waals surface area contributed by atoms with Crippen molar-refractivity contribution in [3.8, 4) is 0 Å². The molecule has 0 spiro atoms. The maximum absolute atomic E-state index is 5.56. The summed E-state index contributed by atoms with van der Waals surface area (Å²) in [6.07, 6.45) is 2.39. The Morgan fingerprint density at radius 1 is 0.958 bits per heavy atom. The van der Waals surface area contributed by atoms with Gasteiger partial charge in [0.05, 0.1) is 12.1 Å². The number of aromatic nitrogens is 4. The summed E-state index contributed by atoms with van der Waals surface area (Å²) >= 11 is 0.